The van der Waals surface area contributed by atoms with Gasteiger partial charge in [0, 0.05) is 0 Å². The number of hydrogen-bond donors (Lipinski definition) is 1. The summed E-state index contributed by atoms with van der Waals surface area (Å²) in [4.78, 5) is 10.2. The Morgan fingerprint density at radius 3 is 2.71 bits per heavy atom. The first-order valence-electron chi connectivity index (χ1n) is 1.57. The summed E-state index contributed by atoms with van der Waals surface area (Å²) in [5.41, 5.74) is 0.0509. The Morgan fingerprint density at radius 2 is 2.57 bits per heavy atom. The molecule has 0 aromatic carbocycles. The van der Waals surface area contributed by atoms with Crippen molar-refractivity contribution in [2.75, 3.05) is 0 Å². The van der Waals surface area contributed by atoms with Crippen molar-refractivity contribution >= 4 is 41.9 Å². The van der Waals surface area contributed by atoms with Gasteiger partial charge in [-0.15, -0.1) is 11.2 Å². The summed E-state index contributed by atoms with van der Waals surface area (Å²) in [5, 5.41) is 2.48. The number of thiocarbonyl (C=S) groups is 1. The third-order valence-corrected chi connectivity index (χ3v) is 3.42. The molecule has 1 aliphatic rings. The van der Waals surface area contributed by atoms with Gasteiger partial charge in [-0.25, -0.2) is 0 Å². The molecule has 0 unspecified atom stereocenters. The van der Waals surface area contributed by atoms with Crippen LogP contribution in [0.3, 0.4) is 0 Å². The van der Waals surface area contributed by atoms with Crippen LogP contribution in [0, 0.1) is 0 Å². The molecule has 0 bridgehead atoms. The lowest BCUT2D eigenvalue weighted by Crippen LogP contribution is -2.17. The second-order valence-electron chi connectivity index (χ2n) is 0.946. The summed E-state index contributed by atoms with van der Waals surface area (Å²) in [6.07, 6.45) is 0. The van der Waals surface area contributed by atoms with E-state index >= 15 is 0 Å². The fraction of sp³-hybridized carbons (Fsp3) is 0. The molecule has 0 atom stereocenters. The lowest BCUT2D eigenvalue weighted by molar-refractivity contribution is 0.263. The molecule has 1 heterocycles. The molecule has 2 nitrogen and oxygen atoms in total. The standard InChI is InChI=1S/C2HNOS2Si/c4-1-3-2(5)6-7-1/h(H,3,4,5). The highest BCUT2D eigenvalue weighted by atomic mass is 32.4. The summed E-state index contributed by atoms with van der Waals surface area (Å²) in [7, 11) is 0.288. The number of carbonyl (C=O) groups is 1. The third kappa shape index (κ3) is 1.25. The van der Waals surface area contributed by atoms with Crippen molar-refractivity contribution in [2.24, 2.45) is 0 Å². The smallest absolute Gasteiger partial charge is 0.253 e. The van der Waals surface area contributed by atoms with Crippen LogP contribution in [0.25, 0.3) is 0 Å². The van der Waals surface area contributed by atoms with Crippen LogP contribution in [0.5, 0.6) is 0 Å². The monoisotopic (exact) mass is 147 g/mol. The molecule has 7 heavy (non-hydrogen) atoms. The molecule has 2 radical (unpaired) electrons. The van der Waals surface area contributed by atoms with Gasteiger partial charge in [0.2, 0.25) is 5.53 Å². The normalized spacial score (nSPS) is 20.0. The van der Waals surface area contributed by atoms with Crippen LogP contribution in [0.2, 0.25) is 0 Å². The lowest BCUT2D eigenvalue weighted by Gasteiger charge is -1.82. The zero-order chi connectivity index (χ0) is 5.28. The minimum Gasteiger partial charge on any atom is -0.316 e. The van der Waals surface area contributed by atoms with Gasteiger partial charge in [-0.3, -0.25) is 4.79 Å². The molecule has 0 aromatic rings. The Bertz CT molecular complexity index is 111. The van der Waals surface area contributed by atoms with Gasteiger partial charge in [-0.1, -0.05) is 12.2 Å². The Balaban J connectivity index is 2.55. The molecule has 1 fully saturated rings. The fourth-order valence-electron chi connectivity index (χ4n) is 0.236. The van der Waals surface area contributed by atoms with Gasteiger partial charge < -0.3 is 5.32 Å². The number of nitrogens with one attached hydrogen (secondary N) is 1. The van der Waals surface area contributed by atoms with E-state index in [1.54, 1.807) is 0 Å². The molecule has 0 aliphatic carbocycles. The van der Waals surface area contributed by atoms with Crippen LogP contribution in [0.15, 0.2) is 0 Å². The van der Waals surface area contributed by atoms with E-state index in [1.165, 1.54) is 11.2 Å². The number of amides is 1. The zero-order valence-corrected chi connectivity index (χ0v) is 5.86. The second-order valence-corrected chi connectivity index (χ2v) is 4.11. The van der Waals surface area contributed by atoms with E-state index < -0.39 is 0 Å². The first-order chi connectivity index (χ1) is 3.29. The first kappa shape index (κ1) is 5.27. The third-order valence-electron chi connectivity index (χ3n) is 0.452. The Kier molecular flexibility index (Phi) is 1.45. The summed E-state index contributed by atoms with van der Waals surface area (Å²) in [5.74, 6) is 0. The zero-order valence-electron chi connectivity index (χ0n) is 3.22. The molecule has 0 aromatic heterocycles. The average Bonchev–Trinajstić information content (AvgIpc) is 1.87. The summed E-state index contributed by atoms with van der Waals surface area (Å²) < 4.78 is 0.614. The predicted molar refractivity (Wildman–Crippen MR) is 34.5 cm³/mol. The highest BCUT2D eigenvalue weighted by Gasteiger charge is 2.15. The topological polar surface area (TPSA) is 29.1 Å². The summed E-state index contributed by atoms with van der Waals surface area (Å²) >= 11 is 6.04. The second kappa shape index (κ2) is 1.93. The van der Waals surface area contributed by atoms with Crippen LogP contribution in [-0.2, 0) is 0 Å². The molecule has 1 saturated heterocycles. The van der Waals surface area contributed by atoms with Gasteiger partial charge in [0.1, 0.15) is 4.32 Å². The number of carbonyl (C=O) groups excluding carboxylic acids is 1. The molecule has 0 saturated carbocycles. The molecule has 0 spiro atoms. The molecule has 1 rings (SSSR count). The van der Waals surface area contributed by atoms with Crippen molar-refractivity contribution in [1.82, 2.24) is 5.32 Å². The summed E-state index contributed by atoms with van der Waals surface area (Å²) in [6, 6.07) is 0. The van der Waals surface area contributed by atoms with Gasteiger partial charge in [-0.05, 0) is 0 Å². The molecular weight excluding hydrogens is 146 g/mol. The molecular formula is C2HNOS2Si. The molecule has 36 valence electrons. The Labute approximate surface area is 52.5 Å². The Hall–Kier alpha value is 0.127. The SMILES string of the molecule is O=C1NC(=S)S[Si]1. The lowest BCUT2D eigenvalue weighted by atomic mass is 11.2. The number of hydrogen-bond acceptors (Lipinski definition) is 3. The van der Waals surface area contributed by atoms with Gasteiger partial charge in [-0.2, -0.15) is 0 Å². The maximum absolute atomic E-state index is 10.2. The van der Waals surface area contributed by atoms with Crippen LogP contribution >= 0.6 is 23.4 Å². The Morgan fingerprint density at radius 1 is 1.86 bits per heavy atom. The van der Waals surface area contributed by atoms with E-state index in [2.05, 4.69) is 17.5 Å². The van der Waals surface area contributed by atoms with E-state index in [1.807, 2.05) is 0 Å². The molecule has 1 amide bonds. The highest BCUT2D eigenvalue weighted by molar-refractivity contribution is 8.42. The number of rotatable bonds is 0. The van der Waals surface area contributed by atoms with Crippen LogP contribution < -0.4 is 5.32 Å². The largest absolute Gasteiger partial charge is 0.316 e. The van der Waals surface area contributed by atoms with E-state index in [0.717, 1.165) is 0 Å². The van der Waals surface area contributed by atoms with E-state index in [-0.39, 0.29) is 14.2 Å². The van der Waals surface area contributed by atoms with Gasteiger partial charge >= 0.3 is 0 Å². The van der Waals surface area contributed by atoms with Crippen molar-refractivity contribution in [2.45, 2.75) is 0 Å². The van der Waals surface area contributed by atoms with Gasteiger partial charge in [0.05, 0.1) is 0 Å². The van der Waals surface area contributed by atoms with Gasteiger partial charge in [0.25, 0.3) is 8.67 Å². The average molecular weight is 147 g/mol. The van der Waals surface area contributed by atoms with Crippen LogP contribution in [-0.4, -0.2) is 18.5 Å². The highest BCUT2D eigenvalue weighted by Crippen LogP contribution is 2.05. The molecule has 1 N–H and O–H groups in total. The maximum Gasteiger partial charge on any atom is 0.253 e. The van der Waals surface area contributed by atoms with Crippen LogP contribution in [0.1, 0.15) is 0 Å². The molecule has 1 aliphatic heterocycles. The van der Waals surface area contributed by atoms with Crippen molar-refractivity contribution < 1.29 is 4.79 Å². The van der Waals surface area contributed by atoms with Crippen LogP contribution in [0.4, 0.5) is 4.79 Å². The fourth-order valence-corrected chi connectivity index (χ4v) is 2.25. The van der Waals surface area contributed by atoms with E-state index in [4.69, 9.17) is 0 Å². The van der Waals surface area contributed by atoms with Gasteiger partial charge in [0.15, 0.2) is 0 Å². The first-order valence-corrected chi connectivity index (χ1v) is 4.52. The maximum atomic E-state index is 10.2. The van der Waals surface area contributed by atoms with Crippen molar-refractivity contribution in [3.05, 3.63) is 0 Å². The minimum atomic E-state index is 0.0509. The predicted octanol–water partition coefficient (Wildman–Crippen LogP) is 0.347. The van der Waals surface area contributed by atoms with Crippen molar-refractivity contribution in [3.63, 3.8) is 0 Å². The van der Waals surface area contributed by atoms with Crippen molar-refractivity contribution in [3.8, 4) is 0 Å². The van der Waals surface area contributed by atoms with Crippen molar-refractivity contribution in [1.29, 1.82) is 0 Å². The minimum absolute atomic E-state index is 0.0509. The molecule has 5 heteroatoms. The van der Waals surface area contributed by atoms with E-state index in [0.29, 0.717) is 4.32 Å². The quantitative estimate of drug-likeness (QED) is 0.396. The summed E-state index contributed by atoms with van der Waals surface area (Å²) in [6.45, 7) is 0. The van der Waals surface area contributed by atoms with E-state index in [9.17, 15) is 4.79 Å².